The van der Waals surface area contributed by atoms with E-state index in [1.807, 2.05) is 24.0 Å². The summed E-state index contributed by atoms with van der Waals surface area (Å²) in [5, 5.41) is 12.6. The van der Waals surface area contributed by atoms with E-state index >= 15 is 0 Å². The predicted octanol–water partition coefficient (Wildman–Crippen LogP) is 4.36. The Morgan fingerprint density at radius 3 is 2.42 bits per heavy atom. The number of nitrogens with zero attached hydrogens (tertiary/aromatic N) is 3. The van der Waals surface area contributed by atoms with E-state index in [-0.39, 0.29) is 17.5 Å². The molecule has 1 aliphatic heterocycles. The summed E-state index contributed by atoms with van der Waals surface area (Å²) in [6.07, 6.45) is 1.52. The lowest BCUT2D eigenvalue weighted by Crippen LogP contribution is -2.52. The average molecular weight is 445 g/mol. The van der Waals surface area contributed by atoms with Gasteiger partial charge in [0, 0.05) is 36.9 Å². The van der Waals surface area contributed by atoms with Crippen molar-refractivity contribution >= 4 is 29.1 Å². The van der Waals surface area contributed by atoms with E-state index in [0.29, 0.717) is 30.2 Å². The smallest absolute Gasteiger partial charge is 0.339 e. The molecule has 0 bridgehead atoms. The van der Waals surface area contributed by atoms with E-state index in [4.69, 9.17) is 0 Å². The van der Waals surface area contributed by atoms with Crippen molar-refractivity contribution in [2.75, 3.05) is 34.8 Å². The van der Waals surface area contributed by atoms with Crippen LogP contribution in [0, 0.1) is 13.8 Å². The van der Waals surface area contributed by atoms with Gasteiger partial charge >= 0.3 is 5.97 Å². The molecule has 1 aliphatic rings. The third kappa shape index (κ3) is 4.98. The first-order valence-electron chi connectivity index (χ1n) is 11.0. The number of nitrogens with one attached hydrogen (secondary N) is 1. The number of carboxylic acids is 1. The third-order valence-corrected chi connectivity index (χ3v) is 5.90. The molecule has 4 rings (SSSR count). The quantitative estimate of drug-likeness (QED) is 0.608. The highest BCUT2D eigenvalue weighted by Gasteiger charge is 2.28. The van der Waals surface area contributed by atoms with Gasteiger partial charge in [0.05, 0.1) is 11.9 Å². The highest BCUT2D eigenvalue weighted by Crippen LogP contribution is 2.27. The molecule has 0 aliphatic carbocycles. The van der Waals surface area contributed by atoms with Gasteiger partial charge in [-0.1, -0.05) is 29.8 Å². The Kier molecular flexibility index (Phi) is 6.31. The first kappa shape index (κ1) is 22.3. The third-order valence-electron chi connectivity index (χ3n) is 5.90. The van der Waals surface area contributed by atoms with Crippen LogP contribution in [-0.4, -0.2) is 47.6 Å². The topological polar surface area (TPSA) is 85.8 Å². The van der Waals surface area contributed by atoms with E-state index in [9.17, 15) is 14.7 Å². The van der Waals surface area contributed by atoms with Crippen LogP contribution < -0.4 is 15.1 Å². The molecule has 1 unspecified atom stereocenters. The van der Waals surface area contributed by atoms with Crippen molar-refractivity contribution in [2.24, 2.45) is 0 Å². The van der Waals surface area contributed by atoms with Crippen molar-refractivity contribution < 1.29 is 14.7 Å². The summed E-state index contributed by atoms with van der Waals surface area (Å²) in [5.41, 5.74) is 4.30. The summed E-state index contributed by atoms with van der Waals surface area (Å²) in [6, 6.07) is 17.3. The Labute approximate surface area is 193 Å². The fourth-order valence-electron chi connectivity index (χ4n) is 4.27. The summed E-state index contributed by atoms with van der Waals surface area (Å²) in [5.74, 6) is -0.949. The van der Waals surface area contributed by atoms with Gasteiger partial charge in [-0.05, 0) is 56.7 Å². The zero-order chi connectivity index (χ0) is 23.5. The molecule has 0 radical (unpaired) electrons. The number of carboxylic acid groups (broad SMARTS) is 1. The standard InChI is InChI=1S/C26H28N4O3/c1-17-6-4-8-20(12-17)25(31)28-21-14-23(26(32)33)24(27-15-21)29-10-11-30(19(3)16-29)22-9-5-7-18(2)13-22/h4-9,12-15,19H,10-11,16H2,1-3H3,(H,28,31)(H,32,33). The van der Waals surface area contributed by atoms with E-state index in [0.717, 1.165) is 12.1 Å². The number of carbonyl (C=O) groups is 2. The minimum Gasteiger partial charge on any atom is -0.478 e. The zero-order valence-corrected chi connectivity index (χ0v) is 19.1. The van der Waals surface area contributed by atoms with Crippen molar-refractivity contribution in [1.29, 1.82) is 0 Å². The van der Waals surface area contributed by atoms with Gasteiger partial charge < -0.3 is 20.2 Å². The molecule has 1 amide bonds. The van der Waals surface area contributed by atoms with Crippen molar-refractivity contribution in [3.8, 4) is 0 Å². The number of anilines is 3. The number of aromatic nitrogens is 1. The highest BCUT2D eigenvalue weighted by molar-refractivity contribution is 6.05. The Bertz CT molecular complexity index is 1190. The monoisotopic (exact) mass is 444 g/mol. The summed E-state index contributed by atoms with van der Waals surface area (Å²) in [7, 11) is 0. The molecule has 1 saturated heterocycles. The number of rotatable bonds is 5. The van der Waals surface area contributed by atoms with Crippen LogP contribution in [0.1, 0.15) is 38.8 Å². The Morgan fingerprint density at radius 1 is 1.03 bits per heavy atom. The van der Waals surface area contributed by atoms with Crippen molar-refractivity contribution in [3.05, 3.63) is 83.0 Å². The lowest BCUT2D eigenvalue weighted by atomic mass is 10.1. The molecule has 3 aromatic rings. The van der Waals surface area contributed by atoms with Crippen molar-refractivity contribution in [2.45, 2.75) is 26.8 Å². The van der Waals surface area contributed by atoms with Gasteiger partial charge in [-0.2, -0.15) is 0 Å². The molecule has 2 aromatic carbocycles. The highest BCUT2D eigenvalue weighted by atomic mass is 16.4. The summed E-state index contributed by atoms with van der Waals surface area (Å²) in [6.45, 7) is 8.18. The molecule has 0 saturated carbocycles. The largest absolute Gasteiger partial charge is 0.478 e. The number of pyridine rings is 1. The first-order chi connectivity index (χ1) is 15.8. The van der Waals surface area contributed by atoms with Gasteiger partial charge in [0.1, 0.15) is 11.4 Å². The maximum atomic E-state index is 12.6. The number of benzene rings is 2. The second kappa shape index (κ2) is 9.32. The number of aromatic carboxylic acids is 1. The van der Waals surface area contributed by atoms with Gasteiger partial charge in [-0.3, -0.25) is 4.79 Å². The molecule has 2 heterocycles. The molecule has 170 valence electrons. The van der Waals surface area contributed by atoms with Gasteiger partial charge in [0.15, 0.2) is 0 Å². The summed E-state index contributed by atoms with van der Waals surface area (Å²) >= 11 is 0. The number of hydrogen-bond acceptors (Lipinski definition) is 5. The van der Waals surface area contributed by atoms with Gasteiger partial charge in [0.2, 0.25) is 0 Å². The average Bonchev–Trinajstić information content (AvgIpc) is 2.79. The van der Waals surface area contributed by atoms with E-state index in [1.165, 1.54) is 23.5 Å². The maximum Gasteiger partial charge on any atom is 0.339 e. The molecule has 1 aromatic heterocycles. The Hall–Kier alpha value is -3.87. The minimum absolute atomic E-state index is 0.0771. The first-order valence-corrected chi connectivity index (χ1v) is 11.0. The van der Waals surface area contributed by atoms with Crippen LogP contribution in [0.4, 0.5) is 17.2 Å². The molecule has 0 spiro atoms. The molecule has 2 N–H and O–H groups in total. The predicted molar refractivity (Wildman–Crippen MR) is 131 cm³/mol. The second-order valence-corrected chi connectivity index (χ2v) is 8.55. The Morgan fingerprint density at radius 2 is 1.76 bits per heavy atom. The molecule has 7 heteroatoms. The second-order valence-electron chi connectivity index (χ2n) is 8.55. The number of hydrogen-bond donors (Lipinski definition) is 2. The summed E-state index contributed by atoms with van der Waals surface area (Å²) < 4.78 is 0. The number of amides is 1. The fourth-order valence-corrected chi connectivity index (χ4v) is 4.27. The van der Waals surface area contributed by atoms with Gasteiger partial charge in [-0.15, -0.1) is 0 Å². The SMILES string of the molecule is Cc1cccc(C(=O)Nc2cnc(N3CCN(c4cccc(C)c4)C(C)C3)c(C(=O)O)c2)c1. The van der Waals surface area contributed by atoms with Crippen LogP contribution in [0.2, 0.25) is 0 Å². The molecule has 7 nitrogen and oxygen atoms in total. The number of carbonyl (C=O) groups excluding carboxylic acids is 1. The van der Waals surface area contributed by atoms with Crippen molar-refractivity contribution in [3.63, 3.8) is 0 Å². The van der Waals surface area contributed by atoms with Gasteiger partial charge in [-0.25, -0.2) is 9.78 Å². The van der Waals surface area contributed by atoms with Crippen LogP contribution in [0.3, 0.4) is 0 Å². The van der Waals surface area contributed by atoms with Crippen LogP contribution in [0.15, 0.2) is 60.8 Å². The maximum absolute atomic E-state index is 12.6. The molecular formula is C26H28N4O3. The fraction of sp³-hybridized carbons (Fsp3) is 0.269. The molecule has 1 atom stereocenters. The molecule has 1 fully saturated rings. The normalized spacial score (nSPS) is 15.9. The lowest BCUT2D eigenvalue weighted by Gasteiger charge is -2.42. The van der Waals surface area contributed by atoms with Crippen LogP contribution in [0.25, 0.3) is 0 Å². The number of piperazine rings is 1. The van der Waals surface area contributed by atoms with Gasteiger partial charge in [0.25, 0.3) is 5.91 Å². The van der Waals surface area contributed by atoms with E-state index in [2.05, 4.69) is 53.3 Å². The minimum atomic E-state index is -1.07. The molecular weight excluding hydrogens is 416 g/mol. The van der Waals surface area contributed by atoms with E-state index in [1.54, 1.807) is 12.1 Å². The summed E-state index contributed by atoms with van der Waals surface area (Å²) in [4.78, 5) is 33.4. The lowest BCUT2D eigenvalue weighted by molar-refractivity contribution is 0.0696. The van der Waals surface area contributed by atoms with Crippen LogP contribution in [0.5, 0.6) is 0 Å². The molecule has 33 heavy (non-hydrogen) atoms. The van der Waals surface area contributed by atoms with Crippen LogP contribution in [-0.2, 0) is 0 Å². The van der Waals surface area contributed by atoms with Crippen molar-refractivity contribution in [1.82, 2.24) is 4.98 Å². The van der Waals surface area contributed by atoms with Crippen LogP contribution >= 0.6 is 0 Å². The van der Waals surface area contributed by atoms with E-state index < -0.39 is 5.97 Å². The zero-order valence-electron chi connectivity index (χ0n) is 19.1. The Balaban J connectivity index is 1.52. The number of aryl methyl sites for hydroxylation is 2.